The number of methoxy groups -OCH3 is 1. The predicted octanol–water partition coefficient (Wildman–Crippen LogP) is 2.12. The fraction of sp³-hybridized carbons (Fsp3) is 0.667. The van der Waals surface area contributed by atoms with Gasteiger partial charge in [0.1, 0.15) is 5.75 Å². The zero-order chi connectivity index (χ0) is 20.2. The first kappa shape index (κ1) is 22.5. The van der Waals surface area contributed by atoms with E-state index in [0.717, 1.165) is 63.1 Å². The molecule has 28 heavy (non-hydrogen) atoms. The van der Waals surface area contributed by atoms with Crippen molar-refractivity contribution in [3.8, 4) is 5.75 Å². The van der Waals surface area contributed by atoms with Gasteiger partial charge in [-0.3, -0.25) is 9.89 Å². The molecule has 1 aliphatic rings. The highest BCUT2D eigenvalue weighted by atomic mass is 16.5. The van der Waals surface area contributed by atoms with Crippen LogP contribution in [0.1, 0.15) is 20.3 Å². The molecule has 1 saturated heterocycles. The van der Waals surface area contributed by atoms with Gasteiger partial charge in [-0.25, -0.2) is 0 Å². The molecule has 1 atom stereocenters. The molecule has 0 aliphatic carbocycles. The standard InChI is InChI=1S/C21H37N5O2/c1-5-22-21(23-17-18(2)26-12-10-25(3)11-13-26)24-19-8-6-9-20(16-19)28-15-7-14-27-4/h6,8-9,16,18H,5,7,10-15,17H2,1-4H3,(H2,22,23,24). The predicted molar refractivity (Wildman–Crippen MR) is 117 cm³/mol. The Kier molecular flexibility index (Phi) is 10.1. The lowest BCUT2D eigenvalue weighted by molar-refractivity contribution is 0.122. The molecule has 0 bridgehead atoms. The van der Waals surface area contributed by atoms with Gasteiger partial charge in [-0.2, -0.15) is 0 Å². The summed E-state index contributed by atoms with van der Waals surface area (Å²) >= 11 is 0. The maximum absolute atomic E-state index is 5.79. The highest BCUT2D eigenvalue weighted by Gasteiger charge is 2.18. The fourth-order valence-electron chi connectivity index (χ4n) is 3.10. The lowest BCUT2D eigenvalue weighted by atomic mass is 10.2. The molecule has 158 valence electrons. The van der Waals surface area contributed by atoms with Crippen molar-refractivity contribution in [2.24, 2.45) is 4.99 Å². The SMILES string of the molecule is CCNC(=NCC(C)N1CCN(C)CC1)Nc1cccc(OCCCOC)c1. The molecule has 2 N–H and O–H groups in total. The van der Waals surface area contributed by atoms with Crippen molar-refractivity contribution in [2.75, 3.05) is 72.0 Å². The minimum Gasteiger partial charge on any atom is -0.493 e. The number of benzene rings is 1. The molecule has 7 heteroatoms. The van der Waals surface area contributed by atoms with Gasteiger partial charge in [0, 0.05) is 70.7 Å². The largest absolute Gasteiger partial charge is 0.493 e. The zero-order valence-electron chi connectivity index (χ0n) is 17.9. The Bertz CT molecular complexity index is 588. The monoisotopic (exact) mass is 391 g/mol. The van der Waals surface area contributed by atoms with Crippen LogP contribution in [-0.2, 0) is 4.74 Å². The molecule has 1 fully saturated rings. The van der Waals surface area contributed by atoms with Crippen LogP contribution in [0.15, 0.2) is 29.3 Å². The quantitative estimate of drug-likeness (QED) is 0.362. The van der Waals surface area contributed by atoms with Crippen LogP contribution in [0.3, 0.4) is 0 Å². The van der Waals surface area contributed by atoms with E-state index in [9.17, 15) is 0 Å². The Balaban J connectivity index is 1.89. The van der Waals surface area contributed by atoms with Crippen LogP contribution in [0, 0.1) is 0 Å². The lowest BCUT2D eigenvalue weighted by Crippen LogP contribution is -2.49. The van der Waals surface area contributed by atoms with Crippen molar-refractivity contribution in [3.63, 3.8) is 0 Å². The number of piperazine rings is 1. The normalized spacial score (nSPS) is 17.4. The highest BCUT2D eigenvalue weighted by Crippen LogP contribution is 2.17. The topological polar surface area (TPSA) is 61.4 Å². The molecule has 1 aliphatic heterocycles. The van der Waals surface area contributed by atoms with Crippen molar-refractivity contribution < 1.29 is 9.47 Å². The molecule has 0 amide bonds. The molecule has 0 aromatic heterocycles. The Morgan fingerprint density at radius 2 is 2.00 bits per heavy atom. The van der Waals surface area contributed by atoms with Crippen LogP contribution < -0.4 is 15.4 Å². The third-order valence-corrected chi connectivity index (χ3v) is 4.88. The van der Waals surface area contributed by atoms with E-state index in [4.69, 9.17) is 14.5 Å². The number of hydrogen-bond donors (Lipinski definition) is 2. The number of rotatable bonds is 10. The van der Waals surface area contributed by atoms with Crippen LogP contribution in [0.25, 0.3) is 0 Å². The van der Waals surface area contributed by atoms with Crippen LogP contribution in [0.4, 0.5) is 5.69 Å². The van der Waals surface area contributed by atoms with Crippen molar-refractivity contribution in [2.45, 2.75) is 26.3 Å². The van der Waals surface area contributed by atoms with Gasteiger partial charge in [0.15, 0.2) is 5.96 Å². The van der Waals surface area contributed by atoms with Crippen LogP contribution in [-0.4, -0.2) is 88.4 Å². The summed E-state index contributed by atoms with van der Waals surface area (Å²) in [5.74, 6) is 1.66. The first-order chi connectivity index (χ1) is 13.6. The van der Waals surface area contributed by atoms with Crippen molar-refractivity contribution in [1.82, 2.24) is 15.1 Å². The number of guanidine groups is 1. The first-order valence-electron chi connectivity index (χ1n) is 10.3. The molecule has 2 rings (SSSR count). The van der Waals surface area contributed by atoms with E-state index in [1.807, 2.05) is 24.3 Å². The van der Waals surface area contributed by atoms with E-state index in [-0.39, 0.29) is 0 Å². The second-order valence-electron chi connectivity index (χ2n) is 7.26. The number of nitrogens with one attached hydrogen (secondary N) is 2. The average molecular weight is 392 g/mol. The molecule has 0 radical (unpaired) electrons. The minimum absolute atomic E-state index is 0.430. The van der Waals surface area contributed by atoms with E-state index in [1.54, 1.807) is 7.11 Å². The fourth-order valence-corrected chi connectivity index (χ4v) is 3.10. The van der Waals surface area contributed by atoms with Gasteiger partial charge in [0.05, 0.1) is 13.2 Å². The lowest BCUT2D eigenvalue weighted by Gasteiger charge is -2.35. The Morgan fingerprint density at radius 1 is 1.21 bits per heavy atom. The van der Waals surface area contributed by atoms with Crippen LogP contribution in [0.5, 0.6) is 5.75 Å². The van der Waals surface area contributed by atoms with Crippen molar-refractivity contribution >= 4 is 11.6 Å². The minimum atomic E-state index is 0.430. The maximum Gasteiger partial charge on any atom is 0.195 e. The highest BCUT2D eigenvalue weighted by molar-refractivity contribution is 5.93. The molecular weight excluding hydrogens is 354 g/mol. The molecule has 1 unspecified atom stereocenters. The van der Waals surface area contributed by atoms with E-state index in [0.29, 0.717) is 19.3 Å². The Morgan fingerprint density at radius 3 is 2.71 bits per heavy atom. The van der Waals surface area contributed by atoms with Gasteiger partial charge in [0.2, 0.25) is 0 Å². The van der Waals surface area contributed by atoms with Gasteiger partial charge in [-0.15, -0.1) is 0 Å². The van der Waals surface area contributed by atoms with E-state index >= 15 is 0 Å². The molecule has 0 spiro atoms. The number of ether oxygens (including phenoxy) is 2. The summed E-state index contributed by atoms with van der Waals surface area (Å²) in [6.45, 7) is 11.8. The molecule has 1 heterocycles. The van der Waals surface area contributed by atoms with Gasteiger partial charge in [0.25, 0.3) is 0 Å². The zero-order valence-corrected chi connectivity index (χ0v) is 17.9. The summed E-state index contributed by atoms with van der Waals surface area (Å²) in [6, 6.07) is 8.42. The van der Waals surface area contributed by atoms with E-state index < -0.39 is 0 Å². The number of nitrogens with zero attached hydrogens (tertiary/aromatic N) is 3. The van der Waals surface area contributed by atoms with Gasteiger partial charge >= 0.3 is 0 Å². The maximum atomic E-state index is 5.79. The van der Waals surface area contributed by atoms with Gasteiger partial charge < -0.3 is 25.0 Å². The molecule has 0 saturated carbocycles. The van der Waals surface area contributed by atoms with E-state index in [2.05, 4.69) is 41.3 Å². The summed E-state index contributed by atoms with van der Waals surface area (Å²) < 4.78 is 10.8. The molecular formula is C21H37N5O2. The van der Waals surface area contributed by atoms with Gasteiger partial charge in [-0.1, -0.05) is 6.07 Å². The second kappa shape index (κ2) is 12.6. The summed E-state index contributed by atoms with van der Waals surface area (Å²) in [4.78, 5) is 9.69. The first-order valence-corrected chi connectivity index (χ1v) is 10.3. The van der Waals surface area contributed by atoms with Crippen LogP contribution in [0.2, 0.25) is 0 Å². The number of aliphatic imine (C=N–C) groups is 1. The number of anilines is 1. The van der Waals surface area contributed by atoms with Crippen molar-refractivity contribution in [1.29, 1.82) is 0 Å². The summed E-state index contributed by atoms with van der Waals surface area (Å²) in [5, 5.41) is 6.73. The van der Waals surface area contributed by atoms with Gasteiger partial charge in [-0.05, 0) is 33.0 Å². The molecule has 7 nitrogen and oxygen atoms in total. The summed E-state index contributed by atoms with van der Waals surface area (Å²) in [6.07, 6.45) is 0.877. The molecule has 1 aromatic rings. The third-order valence-electron chi connectivity index (χ3n) is 4.88. The third kappa shape index (κ3) is 8.04. The second-order valence-corrected chi connectivity index (χ2v) is 7.26. The summed E-state index contributed by atoms with van der Waals surface area (Å²) in [7, 11) is 3.89. The van der Waals surface area contributed by atoms with E-state index in [1.165, 1.54) is 0 Å². The average Bonchev–Trinajstić information content (AvgIpc) is 2.70. The Labute approximate surface area is 170 Å². The number of hydrogen-bond acceptors (Lipinski definition) is 5. The smallest absolute Gasteiger partial charge is 0.195 e. The molecule has 1 aromatic carbocycles. The van der Waals surface area contributed by atoms with Crippen LogP contribution >= 0.6 is 0 Å². The van der Waals surface area contributed by atoms with Crippen molar-refractivity contribution in [3.05, 3.63) is 24.3 Å². The Hall–Kier alpha value is -1.83. The number of likely N-dealkylation sites (N-methyl/N-ethyl adjacent to an activating group) is 1. The summed E-state index contributed by atoms with van der Waals surface area (Å²) in [5.41, 5.74) is 0.969.